The van der Waals surface area contributed by atoms with Crippen molar-refractivity contribution >= 4 is 17.5 Å². The van der Waals surface area contributed by atoms with Crippen molar-refractivity contribution in [2.75, 3.05) is 5.32 Å². The van der Waals surface area contributed by atoms with Crippen molar-refractivity contribution in [2.45, 2.75) is 6.54 Å². The van der Waals surface area contributed by atoms with Crippen molar-refractivity contribution in [3.8, 4) is 0 Å². The molecular formula is C17H15FN2O2. The van der Waals surface area contributed by atoms with Crippen LogP contribution in [0, 0.1) is 5.82 Å². The topological polar surface area (TPSA) is 58.2 Å². The van der Waals surface area contributed by atoms with Gasteiger partial charge in [0, 0.05) is 24.4 Å². The molecule has 0 aromatic heterocycles. The van der Waals surface area contributed by atoms with Crippen LogP contribution in [0.1, 0.15) is 5.56 Å². The fourth-order valence-corrected chi connectivity index (χ4v) is 1.71. The zero-order valence-electron chi connectivity index (χ0n) is 11.8. The number of amides is 2. The molecule has 0 heterocycles. The Morgan fingerprint density at radius 2 is 1.55 bits per heavy atom. The minimum absolute atomic E-state index is 0.268. The monoisotopic (exact) mass is 298 g/mol. The summed E-state index contributed by atoms with van der Waals surface area (Å²) in [4.78, 5) is 23.2. The van der Waals surface area contributed by atoms with Gasteiger partial charge in [0.15, 0.2) is 0 Å². The first-order valence-corrected chi connectivity index (χ1v) is 6.70. The maximum atomic E-state index is 12.7. The van der Waals surface area contributed by atoms with Crippen molar-refractivity contribution < 1.29 is 14.0 Å². The molecule has 4 nitrogen and oxygen atoms in total. The highest BCUT2D eigenvalue weighted by Crippen LogP contribution is 2.04. The van der Waals surface area contributed by atoms with Gasteiger partial charge < -0.3 is 10.6 Å². The van der Waals surface area contributed by atoms with Crippen LogP contribution in [0.5, 0.6) is 0 Å². The van der Waals surface area contributed by atoms with Gasteiger partial charge in [0.05, 0.1) is 0 Å². The summed E-state index contributed by atoms with van der Waals surface area (Å²) in [7, 11) is 0. The molecule has 0 aliphatic rings. The summed E-state index contributed by atoms with van der Waals surface area (Å²) in [5, 5.41) is 5.24. The molecule has 0 unspecified atom stereocenters. The third-order valence-electron chi connectivity index (χ3n) is 2.81. The maximum absolute atomic E-state index is 12.7. The molecular weight excluding hydrogens is 283 g/mol. The largest absolute Gasteiger partial charge is 0.348 e. The summed E-state index contributed by atoms with van der Waals surface area (Å²) >= 11 is 0. The number of carbonyl (C=O) groups is 2. The Morgan fingerprint density at radius 3 is 2.23 bits per heavy atom. The summed E-state index contributed by atoms with van der Waals surface area (Å²) in [5.74, 6) is -1.11. The molecule has 0 fully saturated rings. The van der Waals surface area contributed by atoms with Gasteiger partial charge in [-0.15, -0.1) is 0 Å². The van der Waals surface area contributed by atoms with Gasteiger partial charge in [-0.05, 0) is 29.8 Å². The SMILES string of the molecule is O=C(/C=C/C(=O)Nc1ccccc1)NCc1ccc(F)cc1. The second-order valence-electron chi connectivity index (χ2n) is 4.53. The lowest BCUT2D eigenvalue weighted by atomic mass is 10.2. The third kappa shape index (κ3) is 5.20. The van der Waals surface area contributed by atoms with Crippen LogP contribution in [0.2, 0.25) is 0 Å². The average molecular weight is 298 g/mol. The van der Waals surface area contributed by atoms with Crippen LogP contribution in [0.4, 0.5) is 10.1 Å². The smallest absolute Gasteiger partial charge is 0.248 e. The summed E-state index contributed by atoms with van der Waals surface area (Å²) in [6.07, 6.45) is 2.31. The number of hydrogen-bond acceptors (Lipinski definition) is 2. The van der Waals surface area contributed by atoms with Crippen molar-refractivity contribution in [2.24, 2.45) is 0 Å². The molecule has 0 aliphatic carbocycles. The molecule has 0 bridgehead atoms. The van der Waals surface area contributed by atoms with E-state index in [2.05, 4.69) is 10.6 Å². The number of nitrogens with one attached hydrogen (secondary N) is 2. The minimum Gasteiger partial charge on any atom is -0.348 e. The van der Waals surface area contributed by atoms with Gasteiger partial charge in [-0.2, -0.15) is 0 Å². The minimum atomic E-state index is -0.396. The van der Waals surface area contributed by atoms with E-state index in [9.17, 15) is 14.0 Å². The van der Waals surface area contributed by atoms with E-state index in [1.54, 1.807) is 36.4 Å². The molecule has 0 saturated carbocycles. The molecule has 2 aromatic carbocycles. The Morgan fingerprint density at radius 1 is 0.909 bits per heavy atom. The fourth-order valence-electron chi connectivity index (χ4n) is 1.71. The first-order chi connectivity index (χ1) is 10.6. The normalized spacial score (nSPS) is 10.4. The van der Waals surface area contributed by atoms with E-state index in [1.807, 2.05) is 6.07 Å². The zero-order chi connectivity index (χ0) is 15.8. The Hall–Kier alpha value is -2.95. The lowest BCUT2D eigenvalue weighted by molar-refractivity contribution is -0.117. The van der Waals surface area contributed by atoms with Crippen LogP contribution < -0.4 is 10.6 Å². The molecule has 5 heteroatoms. The van der Waals surface area contributed by atoms with Gasteiger partial charge in [0.25, 0.3) is 0 Å². The maximum Gasteiger partial charge on any atom is 0.248 e. The molecule has 0 atom stereocenters. The second-order valence-corrected chi connectivity index (χ2v) is 4.53. The van der Waals surface area contributed by atoms with Crippen LogP contribution in [0.25, 0.3) is 0 Å². The molecule has 22 heavy (non-hydrogen) atoms. The first-order valence-electron chi connectivity index (χ1n) is 6.70. The molecule has 0 spiro atoms. The summed E-state index contributed by atoms with van der Waals surface area (Å²) in [5.41, 5.74) is 1.43. The van der Waals surface area contributed by atoms with Crippen molar-refractivity contribution in [3.05, 3.63) is 78.1 Å². The van der Waals surface area contributed by atoms with E-state index >= 15 is 0 Å². The predicted octanol–water partition coefficient (Wildman–Crippen LogP) is 2.64. The van der Waals surface area contributed by atoms with E-state index < -0.39 is 5.91 Å². The number of benzene rings is 2. The first kappa shape index (κ1) is 15.4. The highest BCUT2D eigenvalue weighted by atomic mass is 19.1. The van der Waals surface area contributed by atoms with E-state index in [4.69, 9.17) is 0 Å². The Labute approximate surface area is 127 Å². The lowest BCUT2D eigenvalue weighted by Gasteiger charge is -2.03. The Kier molecular flexibility index (Phi) is 5.43. The molecule has 2 N–H and O–H groups in total. The number of carbonyl (C=O) groups excluding carboxylic acids is 2. The standard InChI is InChI=1S/C17H15FN2O2/c18-14-8-6-13(7-9-14)12-19-16(21)10-11-17(22)20-15-4-2-1-3-5-15/h1-11H,12H2,(H,19,21)(H,20,22)/b11-10+. The number of rotatable bonds is 5. The van der Waals surface area contributed by atoms with E-state index in [-0.39, 0.29) is 18.3 Å². The van der Waals surface area contributed by atoms with Gasteiger partial charge >= 0.3 is 0 Å². The second kappa shape index (κ2) is 7.73. The van der Waals surface area contributed by atoms with Crippen LogP contribution >= 0.6 is 0 Å². The van der Waals surface area contributed by atoms with Crippen molar-refractivity contribution in [1.82, 2.24) is 5.32 Å². The fraction of sp³-hybridized carbons (Fsp3) is 0.0588. The lowest BCUT2D eigenvalue weighted by Crippen LogP contribution is -2.21. The van der Waals surface area contributed by atoms with Crippen LogP contribution in [-0.4, -0.2) is 11.8 Å². The number of para-hydroxylation sites is 1. The van der Waals surface area contributed by atoms with E-state index in [0.29, 0.717) is 5.69 Å². The third-order valence-corrected chi connectivity index (χ3v) is 2.81. The quantitative estimate of drug-likeness (QED) is 0.834. The van der Waals surface area contributed by atoms with Crippen molar-refractivity contribution in [3.63, 3.8) is 0 Å². The van der Waals surface area contributed by atoms with Gasteiger partial charge in [-0.1, -0.05) is 30.3 Å². The van der Waals surface area contributed by atoms with Gasteiger partial charge in [0.1, 0.15) is 5.82 Å². The van der Waals surface area contributed by atoms with E-state index in [1.165, 1.54) is 12.1 Å². The highest BCUT2D eigenvalue weighted by Gasteiger charge is 2.00. The number of halogens is 1. The summed E-state index contributed by atoms with van der Waals surface area (Å²) in [6.45, 7) is 0.268. The van der Waals surface area contributed by atoms with Gasteiger partial charge in [-0.3, -0.25) is 9.59 Å². The number of hydrogen-bond donors (Lipinski definition) is 2. The van der Waals surface area contributed by atoms with E-state index in [0.717, 1.165) is 17.7 Å². The molecule has 0 radical (unpaired) electrons. The molecule has 0 aliphatic heterocycles. The molecule has 2 amide bonds. The predicted molar refractivity (Wildman–Crippen MR) is 82.5 cm³/mol. The van der Waals surface area contributed by atoms with Crippen molar-refractivity contribution in [1.29, 1.82) is 0 Å². The molecule has 112 valence electrons. The number of anilines is 1. The Balaban J connectivity index is 1.78. The molecule has 0 saturated heterocycles. The average Bonchev–Trinajstić information content (AvgIpc) is 2.53. The molecule has 2 rings (SSSR count). The van der Waals surface area contributed by atoms with Crippen LogP contribution in [0.3, 0.4) is 0 Å². The van der Waals surface area contributed by atoms with Crippen LogP contribution in [0.15, 0.2) is 66.7 Å². The van der Waals surface area contributed by atoms with Crippen LogP contribution in [-0.2, 0) is 16.1 Å². The molecule has 2 aromatic rings. The van der Waals surface area contributed by atoms with Gasteiger partial charge in [-0.25, -0.2) is 4.39 Å². The van der Waals surface area contributed by atoms with Gasteiger partial charge in [0.2, 0.25) is 11.8 Å². The summed E-state index contributed by atoms with van der Waals surface area (Å²) < 4.78 is 12.7. The zero-order valence-corrected chi connectivity index (χ0v) is 11.8. The Bertz CT molecular complexity index is 667. The highest BCUT2D eigenvalue weighted by molar-refractivity contribution is 6.03. The summed E-state index contributed by atoms with van der Waals surface area (Å²) in [6, 6.07) is 14.8.